The van der Waals surface area contributed by atoms with Crippen LogP contribution in [-0.2, 0) is 26.6 Å². The fraction of sp³-hybridized carbons (Fsp3) is 0.400. The van der Waals surface area contributed by atoms with Gasteiger partial charge >= 0.3 is 5.97 Å². The monoisotopic (exact) mass is 437 g/mol. The van der Waals surface area contributed by atoms with Gasteiger partial charge in [-0.2, -0.15) is 4.31 Å². The normalized spacial score (nSPS) is 17.1. The second-order valence-corrected chi connectivity index (χ2v) is 9.01. The Morgan fingerprint density at radius 3 is 2.70 bits per heavy atom. The number of amides is 1. The molecule has 1 amide bonds. The van der Waals surface area contributed by atoms with E-state index in [0.29, 0.717) is 18.4 Å². The van der Waals surface area contributed by atoms with E-state index in [-0.39, 0.29) is 29.4 Å². The van der Waals surface area contributed by atoms with Crippen molar-refractivity contribution < 1.29 is 27.1 Å². The van der Waals surface area contributed by atoms with E-state index in [1.165, 1.54) is 29.0 Å². The Morgan fingerprint density at radius 1 is 1.30 bits per heavy atom. The zero-order valence-electron chi connectivity index (χ0n) is 17.0. The lowest BCUT2D eigenvalue weighted by molar-refractivity contribution is -0.119. The van der Waals surface area contributed by atoms with E-state index >= 15 is 0 Å². The van der Waals surface area contributed by atoms with E-state index in [9.17, 15) is 22.4 Å². The molecular formula is C20H24FN3O5S. The summed E-state index contributed by atoms with van der Waals surface area (Å²) >= 11 is 0. The summed E-state index contributed by atoms with van der Waals surface area (Å²) in [6.45, 7) is 3.61. The Balaban J connectivity index is 1.83. The van der Waals surface area contributed by atoms with Crippen LogP contribution in [0.5, 0.6) is 0 Å². The van der Waals surface area contributed by atoms with Crippen LogP contribution in [0.15, 0.2) is 35.4 Å². The Hall–Kier alpha value is -2.72. The molecule has 2 aromatic rings. The molecule has 0 radical (unpaired) electrons. The molecule has 1 fully saturated rings. The van der Waals surface area contributed by atoms with Crippen molar-refractivity contribution >= 4 is 27.6 Å². The average molecular weight is 437 g/mol. The number of anilines is 1. The third-order valence-corrected chi connectivity index (χ3v) is 6.89. The van der Waals surface area contributed by atoms with Gasteiger partial charge in [0.2, 0.25) is 15.9 Å². The van der Waals surface area contributed by atoms with Crippen LogP contribution in [0.4, 0.5) is 10.1 Å². The van der Waals surface area contributed by atoms with Crippen molar-refractivity contribution in [1.29, 1.82) is 0 Å². The first-order valence-electron chi connectivity index (χ1n) is 9.57. The number of ether oxygens (including phenoxy) is 1. The zero-order chi connectivity index (χ0) is 22.1. The lowest BCUT2D eigenvalue weighted by Crippen LogP contribution is -2.43. The first-order chi connectivity index (χ1) is 14.1. The summed E-state index contributed by atoms with van der Waals surface area (Å²) in [4.78, 5) is 24.7. The highest BCUT2D eigenvalue weighted by Gasteiger charge is 2.40. The largest absolute Gasteiger partial charge is 0.461 e. The Bertz CT molecular complexity index is 1080. The highest BCUT2D eigenvalue weighted by Crippen LogP contribution is 2.28. The lowest BCUT2D eigenvalue weighted by Gasteiger charge is -2.23. The number of nitrogens with one attached hydrogen (secondary N) is 1. The third-order valence-electron chi connectivity index (χ3n) is 5.02. The molecule has 0 bridgehead atoms. The molecule has 1 aliphatic rings. The fourth-order valence-corrected chi connectivity index (χ4v) is 5.13. The number of halogens is 1. The molecule has 0 spiro atoms. The number of aryl methyl sites for hydroxylation is 2. The molecule has 0 unspecified atom stereocenters. The molecule has 0 aliphatic carbocycles. The van der Waals surface area contributed by atoms with Crippen molar-refractivity contribution in [1.82, 2.24) is 8.87 Å². The van der Waals surface area contributed by atoms with Crippen LogP contribution in [0, 0.1) is 12.7 Å². The van der Waals surface area contributed by atoms with Crippen LogP contribution >= 0.6 is 0 Å². The minimum atomic E-state index is -4.02. The van der Waals surface area contributed by atoms with Crippen molar-refractivity contribution in [3.05, 3.63) is 47.5 Å². The predicted octanol–water partition coefficient (Wildman–Crippen LogP) is 2.44. The van der Waals surface area contributed by atoms with E-state index in [2.05, 4.69) is 5.32 Å². The van der Waals surface area contributed by atoms with E-state index < -0.39 is 33.8 Å². The van der Waals surface area contributed by atoms with Gasteiger partial charge in [0.25, 0.3) is 0 Å². The Morgan fingerprint density at radius 2 is 2.03 bits per heavy atom. The summed E-state index contributed by atoms with van der Waals surface area (Å²) in [5.74, 6) is -1.61. The zero-order valence-corrected chi connectivity index (χ0v) is 17.8. The molecule has 10 heteroatoms. The van der Waals surface area contributed by atoms with Gasteiger partial charge in [0.15, 0.2) is 0 Å². The van der Waals surface area contributed by atoms with Crippen LogP contribution in [-0.4, -0.2) is 48.4 Å². The second kappa shape index (κ2) is 8.57. The molecule has 30 heavy (non-hydrogen) atoms. The first-order valence-corrected chi connectivity index (χ1v) is 11.0. The van der Waals surface area contributed by atoms with Crippen molar-refractivity contribution in [2.24, 2.45) is 7.05 Å². The number of carbonyl (C=O) groups is 2. The SMILES string of the molecule is CCOC(=O)c1cc(S(=O)(=O)N2CCC[C@H]2C(=O)Nc2ccc(C)c(F)c2)cn1C. The molecule has 162 valence electrons. The van der Waals surface area contributed by atoms with Gasteiger partial charge in [0.05, 0.1) is 6.61 Å². The number of aromatic nitrogens is 1. The van der Waals surface area contributed by atoms with Crippen LogP contribution in [0.3, 0.4) is 0 Å². The fourth-order valence-electron chi connectivity index (χ4n) is 3.40. The second-order valence-electron chi connectivity index (χ2n) is 7.12. The lowest BCUT2D eigenvalue weighted by atomic mass is 10.2. The van der Waals surface area contributed by atoms with Crippen LogP contribution in [0.2, 0.25) is 0 Å². The Kier molecular flexibility index (Phi) is 6.27. The maximum atomic E-state index is 13.8. The van der Waals surface area contributed by atoms with Gasteiger partial charge in [-0.25, -0.2) is 17.6 Å². The summed E-state index contributed by atoms with van der Waals surface area (Å²) in [6, 6.07) is 4.62. The van der Waals surface area contributed by atoms with Gasteiger partial charge < -0.3 is 14.6 Å². The smallest absolute Gasteiger partial charge is 0.354 e. The van der Waals surface area contributed by atoms with Crippen LogP contribution in [0.25, 0.3) is 0 Å². The third kappa shape index (κ3) is 4.24. The topological polar surface area (TPSA) is 97.7 Å². The van der Waals surface area contributed by atoms with Crippen molar-refractivity contribution in [3.8, 4) is 0 Å². The minimum absolute atomic E-state index is 0.0888. The number of sulfonamides is 1. The molecule has 1 aliphatic heterocycles. The quantitative estimate of drug-likeness (QED) is 0.700. The summed E-state index contributed by atoms with van der Waals surface area (Å²) in [6.07, 6.45) is 2.18. The number of hydrogen-bond donors (Lipinski definition) is 1. The number of esters is 1. The van der Waals surface area contributed by atoms with E-state index in [4.69, 9.17) is 4.74 Å². The number of carbonyl (C=O) groups excluding carboxylic acids is 2. The molecule has 1 atom stereocenters. The van der Waals surface area contributed by atoms with Gasteiger partial charge in [0.1, 0.15) is 22.4 Å². The minimum Gasteiger partial charge on any atom is -0.461 e. The van der Waals surface area contributed by atoms with Gasteiger partial charge in [0, 0.05) is 25.5 Å². The molecular weight excluding hydrogens is 413 g/mol. The summed E-state index contributed by atoms with van der Waals surface area (Å²) in [7, 11) is -2.47. The van der Waals surface area contributed by atoms with Gasteiger partial charge in [-0.05, 0) is 50.5 Å². The van der Waals surface area contributed by atoms with Crippen molar-refractivity contribution in [2.75, 3.05) is 18.5 Å². The molecule has 2 heterocycles. The van der Waals surface area contributed by atoms with Crippen LogP contribution < -0.4 is 5.32 Å². The molecule has 8 nitrogen and oxygen atoms in total. The summed E-state index contributed by atoms with van der Waals surface area (Å²) < 4.78 is 47.5. The van der Waals surface area contributed by atoms with Crippen molar-refractivity contribution in [3.63, 3.8) is 0 Å². The molecule has 1 aromatic heterocycles. The summed E-state index contributed by atoms with van der Waals surface area (Å²) in [5, 5.41) is 2.59. The van der Waals surface area contributed by atoms with Gasteiger partial charge in [-0.1, -0.05) is 6.07 Å². The van der Waals surface area contributed by atoms with E-state index in [0.717, 1.165) is 4.31 Å². The molecule has 1 saturated heterocycles. The molecule has 1 aromatic carbocycles. The molecule has 1 N–H and O–H groups in total. The predicted molar refractivity (Wildman–Crippen MR) is 108 cm³/mol. The van der Waals surface area contributed by atoms with Gasteiger partial charge in [-0.15, -0.1) is 0 Å². The highest BCUT2D eigenvalue weighted by atomic mass is 32.2. The van der Waals surface area contributed by atoms with Crippen molar-refractivity contribution in [2.45, 2.75) is 37.6 Å². The number of hydrogen-bond acceptors (Lipinski definition) is 5. The standard InChI is InChI=1S/C20H24FN3O5S/c1-4-29-20(26)18-11-15(12-23(18)3)30(27,28)24-9-5-6-17(24)19(25)22-14-8-7-13(2)16(21)10-14/h7-8,10-12,17H,4-6,9H2,1-3H3,(H,22,25)/t17-/m0/s1. The first kappa shape index (κ1) is 22.0. The molecule has 3 rings (SSSR count). The number of benzene rings is 1. The summed E-state index contributed by atoms with van der Waals surface area (Å²) in [5.41, 5.74) is 0.807. The van der Waals surface area contributed by atoms with Crippen LogP contribution in [0.1, 0.15) is 35.8 Å². The maximum Gasteiger partial charge on any atom is 0.354 e. The number of nitrogens with zero attached hydrogens (tertiary/aromatic N) is 2. The van der Waals surface area contributed by atoms with Gasteiger partial charge in [-0.3, -0.25) is 4.79 Å². The van der Waals surface area contributed by atoms with E-state index in [1.54, 1.807) is 27.0 Å². The highest BCUT2D eigenvalue weighted by molar-refractivity contribution is 7.89. The average Bonchev–Trinajstić information content (AvgIpc) is 3.32. The Labute approximate surface area is 174 Å². The molecule has 0 saturated carbocycles. The number of rotatable bonds is 6. The maximum absolute atomic E-state index is 13.8. The van der Waals surface area contributed by atoms with E-state index in [1.807, 2.05) is 0 Å².